The van der Waals surface area contributed by atoms with Gasteiger partial charge in [-0.1, -0.05) is 56.0 Å². The highest BCUT2D eigenvalue weighted by Gasteiger charge is 2.34. The first-order valence-corrected chi connectivity index (χ1v) is 22.9. The molecule has 2 saturated heterocycles. The third-order valence-corrected chi connectivity index (χ3v) is 11.7. The van der Waals surface area contributed by atoms with E-state index in [9.17, 15) is 28.8 Å². The summed E-state index contributed by atoms with van der Waals surface area (Å²) in [5.41, 5.74) is 15.0. The summed E-state index contributed by atoms with van der Waals surface area (Å²) in [5.74, 6) is 12.1. The number of aromatic nitrogens is 6. The van der Waals surface area contributed by atoms with E-state index in [2.05, 4.69) is 49.0 Å². The van der Waals surface area contributed by atoms with Crippen molar-refractivity contribution in [3.05, 3.63) is 156 Å². The number of nitrogens with one attached hydrogen (secondary N) is 3. The van der Waals surface area contributed by atoms with E-state index >= 15 is 0 Å². The summed E-state index contributed by atoms with van der Waals surface area (Å²) >= 11 is 4.87. The molecule has 0 bridgehead atoms. The number of primary amides is 2. The number of nitrogens with zero attached hydrogens (tertiary/aromatic N) is 7. The number of pyridine rings is 2. The number of carbonyl (C=O) groups is 6. The van der Waals surface area contributed by atoms with Crippen LogP contribution in [0.25, 0.3) is 22.5 Å². The number of hydrogen-bond donors (Lipinski definition) is 7. The van der Waals surface area contributed by atoms with E-state index in [0.29, 0.717) is 81.0 Å². The number of piperidine rings is 2. The molecule has 0 unspecified atom stereocenters. The molecule has 0 saturated carbocycles. The van der Waals surface area contributed by atoms with Crippen molar-refractivity contribution in [2.24, 2.45) is 11.5 Å². The molecule has 2 fully saturated rings. The standard InChI is InChI=1S/C25H27N7O3.C21H23N7O2.C4H5ClO/c1-15(2)25(35)31-14-6-4-7-18(31)23-30-20(21(22(26)33)32(23)27)16-9-11-17(12-10-16)24(34)29-19-8-3-5-13-28-19;22-19(29)18-17(27-20(28(18)23)15-5-1-3-11-24-15)13-7-9-14(10-8-13)21(30)26-16-6-2-4-12-25-16;1-3(2)4(5)6/h3,5,8-13,18H,1,4,6-7,14,27H2,2H3,(H2,26,33)(H,28,29,34);2,4,6-10,12,15,24H,1,3,5,11,23H2,(H2,22,29)(H,25,26,30);1H2,2H3/t18-;15-;/m00./s1. The van der Waals surface area contributed by atoms with Crippen molar-refractivity contribution in [3.8, 4) is 22.5 Å². The molecule has 4 aromatic heterocycles. The van der Waals surface area contributed by atoms with E-state index in [1.165, 1.54) is 9.35 Å². The van der Waals surface area contributed by atoms with Gasteiger partial charge in [-0.3, -0.25) is 28.8 Å². The molecular formula is C50H55ClN14O6. The van der Waals surface area contributed by atoms with Crippen LogP contribution in [-0.4, -0.2) is 82.1 Å². The summed E-state index contributed by atoms with van der Waals surface area (Å²) in [5, 5.41) is 8.37. The van der Waals surface area contributed by atoms with E-state index in [4.69, 9.17) is 34.8 Å². The maximum atomic E-state index is 12.7. The Morgan fingerprint density at radius 1 is 0.648 bits per heavy atom. The number of imidazole rings is 2. The van der Waals surface area contributed by atoms with Gasteiger partial charge < -0.3 is 44.0 Å². The van der Waals surface area contributed by atoms with Crippen LogP contribution in [-0.2, 0) is 9.59 Å². The van der Waals surface area contributed by atoms with E-state index in [1.54, 1.807) is 116 Å². The van der Waals surface area contributed by atoms with E-state index < -0.39 is 23.1 Å². The molecule has 0 spiro atoms. The van der Waals surface area contributed by atoms with Crippen LogP contribution in [0.15, 0.2) is 122 Å². The first-order valence-electron chi connectivity index (χ1n) is 22.5. The zero-order valence-electron chi connectivity index (χ0n) is 39.2. The number of halogens is 1. The normalized spacial score (nSPS) is 15.1. The van der Waals surface area contributed by atoms with Gasteiger partial charge in [0.15, 0.2) is 17.2 Å². The Balaban J connectivity index is 0.000000210. The number of nitrogens with two attached hydrogens (primary N) is 4. The van der Waals surface area contributed by atoms with Gasteiger partial charge in [-0.25, -0.2) is 29.3 Å². The minimum Gasteiger partial charge on any atom is -0.364 e. The molecule has 6 heterocycles. The highest BCUT2D eigenvalue weighted by atomic mass is 35.5. The van der Waals surface area contributed by atoms with Gasteiger partial charge in [-0.05, 0) is 113 Å². The number of nitrogen functional groups attached to an aromatic ring is 2. The smallest absolute Gasteiger partial charge is 0.269 e. The fourth-order valence-electron chi connectivity index (χ4n) is 7.82. The quantitative estimate of drug-likeness (QED) is 0.0434. The van der Waals surface area contributed by atoms with Crippen LogP contribution in [0.1, 0.15) is 118 Å². The highest BCUT2D eigenvalue weighted by Crippen LogP contribution is 2.35. The minimum atomic E-state index is -0.744. The monoisotopic (exact) mass is 982 g/mol. The Morgan fingerprint density at radius 3 is 1.52 bits per heavy atom. The van der Waals surface area contributed by atoms with Crippen LogP contribution in [0.4, 0.5) is 11.6 Å². The number of allylic oxidation sites excluding steroid dienone is 1. The number of amides is 5. The lowest BCUT2D eigenvalue weighted by Crippen LogP contribution is -2.41. The number of hydrogen-bond acceptors (Lipinski definition) is 13. The van der Waals surface area contributed by atoms with Crippen LogP contribution in [0.5, 0.6) is 0 Å². The van der Waals surface area contributed by atoms with Gasteiger partial charge >= 0.3 is 0 Å². The van der Waals surface area contributed by atoms with Crippen LogP contribution in [0.3, 0.4) is 0 Å². The molecule has 0 aliphatic carbocycles. The number of anilines is 2. The fraction of sp³-hybridized carbons (Fsp3) is 0.240. The molecule has 6 aromatic rings. The highest BCUT2D eigenvalue weighted by molar-refractivity contribution is 6.67. The molecule has 2 aliphatic heterocycles. The van der Waals surface area contributed by atoms with Gasteiger partial charge in [0, 0.05) is 52.3 Å². The van der Waals surface area contributed by atoms with Gasteiger partial charge in [0.2, 0.25) is 11.1 Å². The molecule has 71 heavy (non-hydrogen) atoms. The fourth-order valence-corrected chi connectivity index (χ4v) is 7.82. The predicted molar refractivity (Wildman–Crippen MR) is 270 cm³/mol. The zero-order valence-corrected chi connectivity index (χ0v) is 40.0. The molecule has 2 atom stereocenters. The van der Waals surface area contributed by atoms with Crippen molar-refractivity contribution in [1.29, 1.82) is 0 Å². The van der Waals surface area contributed by atoms with Crippen LogP contribution in [0, 0.1) is 0 Å². The second kappa shape index (κ2) is 23.7. The largest absolute Gasteiger partial charge is 0.364 e. The van der Waals surface area contributed by atoms with Crippen LogP contribution >= 0.6 is 11.6 Å². The van der Waals surface area contributed by atoms with E-state index in [1.807, 2.05) is 0 Å². The molecule has 368 valence electrons. The Bertz CT molecular complexity index is 2920. The van der Waals surface area contributed by atoms with Crippen molar-refractivity contribution >= 4 is 58.0 Å². The molecule has 2 aromatic carbocycles. The number of rotatable bonds is 12. The van der Waals surface area contributed by atoms with Crippen molar-refractivity contribution < 1.29 is 28.8 Å². The van der Waals surface area contributed by atoms with Gasteiger partial charge in [-0.2, -0.15) is 0 Å². The SMILES string of the molecule is C=C(C)C(=O)Cl.C=C(C)C(=O)N1CCCC[C@H]1c1nc(-c2ccc(C(=O)Nc3ccccn3)cc2)c(C(N)=O)n1N.NC(=O)c1c(-c2ccc(C(=O)Nc3ccccn3)cc2)nc([C@@H]2CCCCN2)n1N. The molecule has 20 nitrogen and oxygen atoms in total. The van der Waals surface area contributed by atoms with Crippen molar-refractivity contribution in [2.45, 2.75) is 64.5 Å². The average molecular weight is 984 g/mol. The third kappa shape index (κ3) is 12.8. The lowest BCUT2D eigenvalue weighted by atomic mass is 10.0. The van der Waals surface area contributed by atoms with Crippen molar-refractivity contribution in [3.63, 3.8) is 0 Å². The maximum absolute atomic E-state index is 12.7. The molecule has 8 rings (SSSR count). The number of carbonyl (C=O) groups excluding carboxylic acids is 6. The first kappa shape index (κ1) is 51.9. The molecule has 5 amide bonds. The molecule has 21 heteroatoms. The minimum absolute atomic E-state index is 0.0268. The lowest BCUT2D eigenvalue weighted by molar-refractivity contribution is -0.131. The first-order chi connectivity index (χ1) is 34.0. The van der Waals surface area contributed by atoms with Crippen molar-refractivity contribution in [1.82, 2.24) is 39.5 Å². The lowest BCUT2D eigenvalue weighted by Gasteiger charge is -2.35. The van der Waals surface area contributed by atoms with E-state index in [-0.39, 0.29) is 35.2 Å². The van der Waals surface area contributed by atoms with Gasteiger partial charge in [0.05, 0.1) is 12.1 Å². The Hall–Kier alpha value is -8.49. The second-order valence-corrected chi connectivity index (χ2v) is 17.0. The molecular weight excluding hydrogens is 928 g/mol. The van der Waals surface area contributed by atoms with Gasteiger partial charge in [0.25, 0.3) is 23.6 Å². The Morgan fingerprint density at radius 2 is 1.11 bits per heavy atom. The molecule has 2 aliphatic rings. The summed E-state index contributed by atoms with van der Waals surface area (Å²) in [4.78, 5) is 91.1. The number of benzene rings is 2. The summed E-state index contributed by atoms with van der Waals surface area (Å²) in [6, 6.07) is 23.4. The Kier molecular flexibility index (Phi) is 17.3. The topological polar surface area (TPSA) is 307 Å². The predicted octanol–water partition coefficient (Wildman–Crippen LogP) is 5.79. The second-order valence-electron chi connectivity index (χ2n) is 16.6. The number of likely N-dealkylation sites (tertiary alicyclic amines) is 1. The summed E-state index contributed by atoms with van der Waals surface area (Å²) in [6.07, 6.45) is 8.63. The molecule has 11 N–H and O–H groups in total. The summed E-state index contributed by atoms with van der Waals surface area (Å²) in [7, 11) is 0. The van der Waals surface area contributed by atoms with Gasteiger partial charge in [-0.15, -0.1) is 0 Å². The van der Waals surface area contributed by atoms with Crippen molar-refractivity contribution in [2.75, 3.05) is 35.4 Å². The zero-order chi connectivity index (χ0) is 51.4. The summed E-state index contributed by atoms with van der Waals surface area (Å²) < 4.78 is 2.45. The van der Waals surface area contributed by atoms with E-state index in [0.717, 1.165) is 38.6 Å². The van der Waals surface area contributed by atoms with Crippen LogP contribution < -0.4 is 39.1 Å². The molecule has 0 radical (unpaired) electrons. The van der Waals surface area contributed by atoms with Crippen LogP contribution in [0.2, 0.25) is 0 Å². The summed E-state index contributed by atoms with van der Waals surface area (Å²) in [6.45, 7) is 11.7. The average Bonchev–Trinajstić information content (AvgIpc) is 3.91. The maximum Gasteiger partial charge on any atom is 0.269 e. The third-order valence-electron chi connectivity index (χ3n) is 11.4. The Labute approximate surface area is 414 Å². The van der Waals surface area contributed by atoms with Gasteiger partial charge in [0.1, 0.15) is 28.8 Å².